The van der Waals surface area contributed by atoms with Crippen molar-refractivity contribution in [1.82, 2.24) is 4.98 Å². The molecule has 0 atom stereocenters. The molecular formula is C9H10ClN3O4. The number of anilines is 1. The Morgan fingerprint density at radius 3 is 2.94 bits per heavy atom. The van der Waals surface area contributed by atoms with Crippen LogP contribution in [0.15, 0.2) is 12.1 Å². The molecule has 0 saturated heterocycles. The van der Waals surface area contributed by atoms with E-state index in [1.165, 1.54) is 13.2 Å². The third kappa shape index (κ3) is 4.23. The summed E-state index contributed by atoms with van der Waals surface area (Å²) >= 11 is 5.62. The number of nitro groups is 1. The van der Waals surface area contributed by atoms with Gasteiger partial charge in [-0.15, -0.1) is 0 Å². The Balaban J connectivity index is 2.65. The molecule has 0 amide bonds. The molecule has 0 fully saturated rings. The molecule has 0 radical (unpaired) electrons. The first-order valence-corrected chi connectivity index (χ1v) is 5.03. The number of nitrogens with zero attached hydrogens (tertiary/aromatic N) is 2. The second kappa shape index (κ2) is 6.00. The zero-order chi connectivity index (χ0) is 12.8. The van der Waals surface area contributed by atoms with Crippen LogP contribution in [0.25, 0.3) is 0 Å². The molecular weight excluding hydrogens is 250 g/mol. The highest BCUT2D eigenvalue weighted by atomic mass is 35.5. The number of hydrogen-bond donors (Lipinski definition) is 1. The third-order valence-corrected chi connectivity index (χ3v) is 2.05. The first kappa shape index (κ1) is 13.2. The van der Waals surface area contributed by atoms with Gasteiger partial charge in [0.2, 0.25) is 0 Å². The first-order valence-electron chi connectivity index (χ1n) is 4.65. The van der Waals surface area contributed by atoms with Crippen LogP contribution in [0, 0.1) is 10.1 Å². The van der Waals surface area contributed by atoms with Crippen molar-refractivity contribution in [2.45, 2.75) is 6.42 Å². The molecule has 0 aliphatic carbocycles. The Morgan fingerprint density at radius 1 is 1.65 bits per heavy atom. The van der Waals surface area contributed by atoms with E-state index in [0.29, 0.717) is 0 Å². The number of pyridine rings is 1. The summed E-state index contributed by atoms with van der Waals surface area (Å²) in [6.45, 7) is 0.261. The van der Waals surface area contributed by atoms with Gasteiger partial charge in [0.1, 0.15) is 11.0 Å². The summed E-state index contributed by atoms with van der Waals surface area (Å²) in [6.07, 6.45) is 0.137. The molecule has 0 unspecified atom stereocenters. The number of methoxy groups -OCH3 is 1. The predicted molar refractivity (Wildman–Crippen MR) is 61.0 cm³/mol. The minimum atomic E-state index is -0.570. The van der Waals surface area contributed by atoms with E-state index < -0.39 is 4.92 Å². The highest BCUT2D eigenvalue weighted by Gasteiger charge is 2.10. The van der Waals surface area contributed by atoms with Crippen molar-refractivity contribution in [3.05, 3.63) is 27.4 Å². The number of aromatic nitrogens is 1. The molecule has 7 nitrogen and oxygen atoms in total. The first-order chi connectivity index (χ1) is 8.02. The lowest BCUT2D eigenvalue weighted by Gasteiger charge is -2.04. The third-order valence-electron chi connectivity index (χ3n) is 1.85. The Morgan fingerprint density at radius 2 is 2.35 bits per heavy atom. The van der Waals surface area contributed by atoms with Gasteiger partial charge in [0.15, 0.2) is 0 Å². The molecule has 1 aromatic rings. The average Bonchev–Trinajstić information content (AvgIpc) is 2.28. The number of carbonyl (C=O) groups is 1. The monoisotopic (exact) mass is 259 g/mol. The Kier molecular flexibility index (Phi) is 4.65. The molecule has 17 heavy (non-hydrogen) atoms. The summed E-state index contributed by atoms with van der Waals surface area (Å²) in [5.41, 5.74) is -0.162. The molecule has 1 rings (SSSR count). The quantitative estimate of drug-likeness (QED) is 0.374. The molecule has 0 aliphatic rings. The average molecular weight is 260 g/mol. The lowest BCUT2D eigenvalue weighted by atomic mass is 10.3. The summed E-state index contributed by atoms with van der Waals surface area (Å²) in [6, 6.07) is 2.39. The molecule has 1 aromatic heterocycles. The van der Waals surface area contributed by atoms with Gasteiger partial charge in [-0.1, -0.05) is 11.6 Å². The minimum absolute atomic E-state index is 0.0137. The second-order valence-corrected chi connectivity index (χ2v) is 3.43. The molecule has 0 saturated carbocycles. The van der Waals surface area contributed by atoms with Crippen molar-refractivity contribution in [3.63, 3.8) is 0 Å². The maximum absolute atomic E-state index is 10.8. The van der Waals surface area contributed by atoms with Crippen LogP contribution in [0.2, 0.25) is 5.15 Å². The summed E-state index contributed by atoms with van der Waals surface area (Å²) in [7, 11) is 1.28. The summed E-state index contributed by atoms with van der Waals surface area (Å²) < 4.78 is 4.44. The number of esters is 1. The molecule has 0 aliphatic heterocycles. The predicted octanol–water partition coefficient (Wildman–Crippen LogP) is 1.62. The number of rotatable bonds is 5. The molecule has 8 heteroatoms. The topological polar surface area (TPSA) is 94.4 Å². The van der Waals surface area contributed by atoms with Crippen LogP contribution in [0.1, 0.15) is 6.42 Å². The van der Waals surface area contributed by atoms with Crippen molar-refractivity contribution in [3.8, 4) is 0 Å². The van der Waals surface area contributed by atoms with Gasteiger partial charge in [0.05, 0.1) is 30.6 Å². The van der Waals surface area contributed by atoms with E-state index in [1.54, 1.807) is 0 Å². The van der Waals surface area contributed by atoms with E-state index in [2.05, 4.69) is 15.0 Å². The Labute approximate surface area is 102 Å². The van der Waals surface area contributed by atoms with Gasteiger partial charge in [0, 0.05) is 6.54 Å². The van der Waals surface area contributed by atoms with Crippen LogP contribution in [0.3, 0.4) is 0 Å². The van der Waals surface area contributed by atoms with E-state index >= 15 is 0 Å². The maximum atomic E-state index is 10.8. The zero-order valence-electron chi connectivity index (χ0n) is 8.97. The van der Waals surface area contributed by atoms with Gasteiger partial charge in [-0.05, 0) is 0 Å². The Hall–Kier alpha value is -1.89. The number of carbonyl (C=O) groups excluding carboxylic acids is 1. The van der Waals surface area contributed by atoms with E-state index in [0.717, 1.165) is 6.07 Å². The normalized spacial score (nSPS) is 9.76. The van der Waals surface area contributed by atoms with Gasteiger partial charge >= 0.3 is 5.97 Å². The summed E-state index contributed by atoms with van der Waals surface area (Å²) in [4.78, 5) is 24.6. The van der Waals surface area contributed by atoms with Crippen LogP contribution in [-0.2, 0) is 9.53 Å². The Bertz CT molecular complexity index is 438. The molecule has 92 valence electrons. The van der Waals surface area contributed by atoms with Crippen molar-refractivity contribution in [2.75, 3.05) is 19.0 Å². The van der Waals surface area contributed by atoms with Crippen LogP contribution >= 0.6 is 11.6 Å². The van der Waals surface area contributed by atoms with Crippen molar-refractivity contribution in [1.29, 1.82) is 0 Å². The second-order valence-electron chi connectivity index (χ2n) is 3.04. The molecule has 1 N–H and O–H groups in total. The number of hydrogen-bond acceptors (Lipinski definition) is 6. The standard InChI is InChI=1S/C9H10ClN3O4/c1-17-9(14)2-3-11-8-5-6(13(15)16)4-7(10)12-8/h4-5H,2-3H2,1H3,(H,11,12). The van der Waals surface area contributed by atoms with Crippen molar-refractivity contribution < 1.29 is 14.5 Å². The zero-order valence-corrected chi connectivity index (χ0v) is 9.73. The fourth-order valence-corrected chi connectivity index (χ4v) is 1.28. The van der Waals surface area contributed by atoms with Crippen LogP contribution in [0.5, 0.6) is 0 Å². The number of nitrogens with one attached hydrogen (secondary N) is 1. The fraction of sp³-hybridized carbons (Fsp3) is 0.333. The molecule has 0 aromatic carbocycles. The minimum Gasteiger partial charge on any atom is -0.469 e. The highest BCUT2D eigenvalue weighted by molar-refractivity contribution is 6.29. The van der Waals surface area contributed by atoms with Crippen LogP contribution in [0.4, 0.5) is 11.5 Å². The smallest absolute Gasteiger partial charge is 0.307 e. The molecule has 0 bridgehead atoms. The van der Waals surface area contributed by atoms with Gasteiger partial charge in [-0.3, -0.25) is 14.9 Å². The van der Waals surface area contributed by atoms with E-state index in [4.69, 9.17) is 11.6 Å². The van der Waals surface area contributed by atoms with Crippen LogP contribution in [-0.4, -0.2) is 29.5 Å². The van der Waals surface area contributed by atoms with Gasteiger partial charge in [0.25, 0.3) is 5.69 Å². The largest absolute Gasteiger partial charge is 0.469 e. The van der Waals surface area contributed by atoms with Crippen molar-refractivity contribution >= 4 is 29.1 Å². The summed E-state index contributed by atoms with van der Waals surface area (Å²) in [5, 5.41) is 13.3. The van der Waals surface area contributed by atoms with Crippen molar-refractivity contribution in [2.24, 2.45) is 0 Å². The van der Waals surface area contributed by atoms with E-state index in [-0.39, 0.29) is 35.6 Å². The molecule has 1 heterocycles. The van der Waals surface area contributed by atoms with Gasteiger partial charge in [-0.25, -0.2) is 4.98 Å². The highest BCUT2D eigenvalue weighted by Crippen LogP contribution is 2.20. The number of halogens is 1. The summed E-state index contributed by atoms with van der Waals surface area (Å²) in [5.74, 6) is -0.137. The SMILES string of the molecule is COC(=O)CCNc1cc([N+](=O)[O-])cc(Cl)n1. The molecule has 0 spiro atoms. The van der Waals surface area contributed by atoms with Crippen LogP contribution < -0.4 is 5.32 Å². The van der Waals surface area contributed by atoms with Gasteiger partial charge < -0.3 is 10.1 Å². The maximum Gasteiger partial charge on any atom is 0.307 e. The fourth-order valence-electron chi connectivity index (χ4n) is 1.07. The van der Waals surface area contributed by atoms with E-state index in [9.17, 15) is 14.9 Å². The van der Waals surface area contributed by atoms with Gasteiger partial charge in [-0.2, -0.15) is 0 Å². The lowest BCUT2D eigenvalue weighted by molar-refractivity contribution is -0.384. The van der Waals surface area contributed by atoms with E-state index in [1.807, 2.05) is 0 Å². The number of ether oxygens (including phenoxy) is 1. The lowest BCUT2D eigenvalue weighted by Crippen LogP contribution is -2.10.